The van der Waals surface area contributed by atoms with Crippen LogP contribution in [0.3, 0.4) is 0 Å². The summed E-state index contributed by atoms with van der Waals surface area (Å²) < 4.78 is 0. The van der Waals surface area contributed by atoms with E-state index >= 15 is 0 Å². The fourth-order valence-electron chi connectivity index (χ4n) is 9.87. The number of para-hydroxylation sites is 1. The molecule has 19 N–H and O–H groups in total. The van der Waals surface area contributed by atoms with Gasteiger partial charge in [-0.1, -0.05) is 74.5 Å². The van der Waals surface area contributed by atoms with Gasteiger partial charge in [-0.05, 0) is 79.8 Å². The number of rotatable bonds is 30. The maximum Gasteiger partial charge on any atom is 0.334 e. The van der Waals surface area contributed by atoms with Crippen molar-refractivity contribution in [3.8, 4) is 5.75 Å². The van der Waals surface area contributed by atoms with E-state index < -0.39 is 126 Å². The fraction of sp³-hybridized carbons (Fsp3) is 0.458. The van der Waals surface area contributed by atoms with Gasteiger partial charge in [-0.15, -0.1) is 0 Å². The van der Waals surface area contributed by atoms with Crippen LogP contribution in [0.2, 0.25) is 0 Å². The smallest absolute Gasteiger partial charge is 0.334 e. The molecule has 0 bridgehead atoms. The summed E-state index contributed by atoms with van der Waals surface area (Å²) in [5.74, 6) is -9.46. The maximum atomic E-state index is 14.1. The summed E-state index contributed by atoms with van der Waals surface area (Å²) in [6.45, 7) is 6.28. The summed E-state index contributed by atoms with van der Waals surface area (Å²) in [7, 11) is 1.54. The number of fused-ring (bicyclic) bond motifs is 1. The number of aliphatic hydroxyl groups is 1. The molecule has 9 atom stereocenters. The van der Waals surface area contributed by atoms with Crippen LogP contribution in [-0.2, 0) is 67.2 Å². The minimum Gasteiger partial charge on any atom is -0.508 e. The molecule has 29 nitrogen and oxygen atoms in total. The van der Waals surface area contributed by atoms with Crippen molar-refractivity contribution < 1.29 is 63.0 Å². The number of hydrogen-bond donors (Lipinski definition) is 17. The number of aromatic hydroxyl groups is 1. The SMILES string of the molecule is CNC(=N)NCCC[C@H](NC(=O)[C@H](CC(C)C)NC(=O)NNC(=O)[C@H](Cc1ccccc1)NC(=O)[C@@H](NC(=O)[C@H](CC(N)=O)NC(=O)C1CCCN(C(=O)[C@@H](Cc2ccc(O)cc2)NC(C)=O)C1)[C@@H](C)O)C(=O)N[C@@H](Cc1c[nH]c2ccccc12)C(N)=O. The highest BCUT2D eigenvalue weighted by molar-refractivity contribution is 5.98. The number of nitrogens with two attached hydrogens (primary N) is 2. The lowest BCUT2D eigenvalue weighted by molar-refractivity contribution is -0.140. The molecule has 88 heavy (non-hydrogen) atoms. The molecule has 1 aliphatic heterocycles. The fourth-order valence-corrected chi connectivity index (χ4v) is 9.87. The van der Waals surface area contributed by atoms with Crippen molar-refractivity contribution in [2.75, 3.05) is 26.7 Å². The number of hydrazine groups is 1. The number of aromatic nitrogens is 1. The molecule has 29 heteroatoms. The van der Waals surface area contributed by atoms with E-state index in [1.807, 2.05) is 24.3 Å². The van der Waals surface area contributed by atoms with Crippen LogP contribution in [0, 0.1) is 17.2 Å². The first kappa shape index (κ1) is 69.0. The minimum absolute atomic E-state index is 0.00877. The van der Waals surface area contributed by atoms with Gasteiger partial charge in [0.1, 0.15) is 48.0 Å². The summed E-state index contributed by atoms with van der Waals surface area (Å²) in [5, 5.41) is 52.6. The Kier molecular flexibility index (Phi) is 26.5. The third-order valence-electron chi connectivity index (χ3n) is 14.4. The van der Waals surface area contributed by atoms with Crippen LogP contribution < -0.4 is 70.2 Å². The Balaban J connectivity index is 1.25. The molecule has 5 rings (SSSR count). The van der Waals surface area contributed by atoms with Crippen LogP contribution in [-0.4, -0.2) is 166 Å². The summed E-state index contributed by atoms with van der Waals surface area (Å²) in [4.78, 5) is 153. The third-order valence-corrected chi connectivity index (χ3v) is 14.4. The van der Waals surface area contributed by atoms with Crippen LogP contribution in [0.4, 0.5) is 4.79 Å². The van der Waals surface area contributed by atoms with Crippen LogP contribution >= 0.6 is 0 Å². The Morgan fingerprint density at radius 1 is 0.682 bits per heavy atom. The number of benzene rings is 3. The predicted molar refractivity (Wildman–Crippen MR) is 322 cm³/mol. The zero-order valence-electron chi connectivity index (χ0n) is 49.8. The highest BCUT2D eigenvalue weighted by atomic mass is 16.3. The summed E-state index contributed by atoms with van der Waals surface area (Å²) in [6, 6.07) is 10.8. The van der Waals surface area contributed by atoms with E-state index in [0.717, 1.165) is 17.8 Å². The summed E-state index contributed by atoms with van der Waals surface area (Å²) in [6.07, 6.45) is 0.0744. The number of aliphatic hydroxyl groups excluding tert-OH is 1. The molecule has 1 unspecified atom stereocenters. The van der Waals surface area contributed by atoms with Gasteiger partial charge in [-0.3, -0.25) is 58.8 Å². The van der Waals surface area contributed by atoms with Gasteiger partial charge in [0.25, 0.3) is 5.91 Å². The molecule has 4 aromatic rings. The van der Waals surface area contributed by atoms with Crippen molar-refractivity contribution in [3.63, 3.8) is 0 Å². The molecule has 3 aromatic carbocycles. The van der Waals surface area contributed by atoms with E-state index in [2.05, 4.69) is 63.7 Å². The number of carbonyl (C=O) groups is 11. The summed E-state index contributed by atoms with van der Waals surface area (Å²) >= 11 is 0. The van der Waals surface area contributed by atoms with Gasteiger partial charge in [-0.25, -0.2) is 10.2 Å². The molecule has 0 saturated carbocycles. The normalized spacial score (nSPS) is 15.6. The standard InChI is InChI=1S/C59H82N16O13/c1-32(2)25-44(53(83)67-42(18-11-23-64-58(62)63-5)52(82)68-43(50(61)80)28-38-30-65-41-17-10-9-16-40(38)41)71-59(88)74-73-55(85)45(26-35-13-7-6-8-14-35)70-56(86)49(33(3)76)72-54(84)46(29-48(60)79)69-51(81)37-15-12-24-75(31-37)57(87)47(66-34(4)77)27-36-19-21-39(78)22-20-36/h6-10,13-14,16-17,19-22,30,32-33,37,42-47,49,65,76,78H,11-12,15,18,23-29,31H2,1-5H3,(H2,60,79)(H2,61,80)(H,66,77)(H,67,83)(H,68,82)(H,69,81)(H,70,86)(H,72,84)(H,73,85)(H3,62,63,64)(H2,71,74,88)/t33-,37?,42+,43+,44+,45+,46+,47-,49+/m1/s1. The van der Waals surface area contributed by atoms with Crippen molar-refractivity contribution >= 4 is 82.0 Å². The number of aromatic amines is 1. The third kappa shape index (κ3) is 21.9. The van der Waals surface area contributed by atoms with Crippen molar-refractivity contribution in [2.24, 2.45) is 23.3 Å². The number of urea groups is 1. The predicted octanol–water partition coefficient (Wildman–Crippen LogP) is -1.92. The Morgan fingerprint density at radius 2 is 1.31 bits per heavy atom. The number of guanidine groups is 1. The second kappa shape index (κ2) is 33.8. The van der Waals surface area contributed by atoms with Gasteiger partial charge in [0.15, 0.2) is 5.96 Å². The first-order chi connectivity index (χ1) is 41.8. The van der Waals surface area contributed by atoms with Gasteiger partial charge >= 0.3 is 6.03 Å². The Bertz CT molecular complexity index is 3100. The number of likely N-dealkylation sites (tertiary alicyclic amines) is 1. The zero-order chi connectivity index (χ0) is 64.6. The monoisotopic (exact) mass is 1220 g/mol. The number of piperidine rings is 1. The average molecular weight is 1220 g/mol. The molecule has 1 saturated heterocycles. The molecule has 12 amide bonds. The number of phenols is 1. The van der Waals surface area contributed by atoms with Crippen LogP contribution in [0.15, 0.2) is 85.1 Å². The van der Waals surface area contributed by atoms with Gasteiger partial charge in [-0.2, -0.15) is 0 Å². The molecule has 1 fully saturated rings. The second-order valence-corrected chi connectivity index (χ2v) is 22.0. The quantitative estimate of drug-likeness (QED) is 0.0117. The molecule has 1 aliphatic rings. The first-order valence-corrected chi connectivity index (χ1v) is 28.9. The van der Waals surface area contributed by atoms with Gasteiger partial charge in [0, 0.05) is 70.0 Å². The molecule has 0 radical (unpaired) electrons. The van der Waals surface area contributed by atoms with E-state index in [-0.39, 0.29) is 82.2 Å². The number of carbonyl (C=O) groups excluding carboxylic acids is 11. The number of amides is 12. The number of phenolic OH excluding ortho intramolecular Hbond substituents is 1. The van der Waals surface area contributed by atoms with Crippen molar-refractivity contribution in [2.45, 2.75) is 134 Å². The van der Waals surface area contributed by atoms with E-state index in [9.17, 15) is 63.0 Å². The van der Waals surface area contributed by atoms with Crippen molar-refractivity contribution in [1.29, 1.82) is 5.41 Å². The second-order valence-electron chi connectivity index (χ2n) is 22.0. The number of primary amides is 2. The number of hydrogen-bond acceptors (Lipinski definition) is 14. The highest BCUT2D eigenvalue weighted by Gasteiger charge is 2.37. The molecular formula is C59H82N16O13. The van der Waals surface area contributed by atoms with Crippen molar-refractivity contribution in [3.05, 3.63) is 102 Å². The minimum atomic E-state index is -1.83. The molecule has 0 aliphatic carbocycles. The average Bonchev–Trinajstić information content (AvgIpc) is 4.16. The topological polar surface area (TPSA) is 455 Å². The van der Waals surface area contributed by atoms with E-state index in [0.29, 0.717) is 23.1 Å². The Hall–Kier alpha value is -9.80. The molecular weight excluding hydrogens is 1140 g/mol. The lowest BCUT2D eigenvalue weighted by atomic mass is 9.95. The van der Waals surface area contributed by atoms with E-state index in [4.69, 9.17) is 16.9 Å². The van der Waals surface area contributed by atoms with E-state index in [1.165, 1.54) is 24.0 Å². The van der Waals surface area contributed by atoms with Crippen molar-refractivity contribution in [1.82, 2.24) is 68.6 Å². The Labute approximate surface area is 508 Å². The number of nitrogens with zero attached hydrogens (tertiary/aromatic N) is 1. The number of nitrogens with one attached hydrogen (secondary N) is 13. The largest absolute Gasteiger partial charge is 0.508 e. The maximum absolute atomic E-state index is 14.1. The van der Waals surface area contributed by atoms with Crippen LogP contribution in [0.5, 0.6) is 5.75 Å². The molecule has 0 spiro atoms. The molecule has 2 heterocycles. The molecule has 1 aromatic heterocycles. The highest BCUT2D eigenvalue weighted by Crippen LogP contribution is 2.22. The van der Waals surface area contributed by atoms with Gasteiger partial charge < -0.3 is 79.4 Å². The van der Waals surface area contributed by atoms with Crippen LogP contribution in [0.1, 0.15) is 82.9 Å². The van der Waals surface area contributed by atoms with Crippen LogP contribution in [0.25, 0.3) is 10.9 Å². The Morgan fingerprint density at radius 3 is 1.95 bits per heavy atom. The van der Waals surface area contributed by atoms with Gasteiger partial charge in [0.2, 0.25) is 53.2 Å². The van der Waals surface area contributed by atoms with Gasteiger partial charge in [0.05, 0.1) is 18.4 Å². The van der Waals surface area contributed by atoms with E-state index in [1.54, 1.807) is 69.6 Å². The number of H-pyrrole nitrogens is 1. The first-order valence-electron chi connectivity index (χ1n) is 28.9. The lowest BCUT2D eigenvalue weighted by Gasteiger charge is -2.35. The summed E-state index contributed by atoms with van der Waals surface area (Å²) in [5.41, 5.74) is 18.4. The zero-order valence-corrected chi connectivity index (χ0v) is 49.8. The lowest BCUT2D eigenvalue weighted by Crippen LogP contribution is -2.62. The molecule has 476 valence electrons.